The number of rotatable bonds is 80. The number of aliphatic hydroxyl groups is 5. The summed E-state index contributed by atoms with van der Waals surface area (Å²) in [6.45, 7) is 43.8. The first-order chi connectivity index (χ1) is 50.4. The predicted molar refractivity (Wildman–Crippen MR) is 415 cm³/mol. The van der Waals surface area contributed by atoms with Gasteiger partial charge in [0, 0.05) is 46.4 Å². The predicted octanol–water partition coefficient (Wildman–Crippen LogP) is 4.19. The molecule has 0 aromatic heterocycles. The van der Waals surface area contributed by atoms with E-state index in [4.69, 9.17) is 135 Å². The maximum Gasteiger partial charge on any atom is 0.483 e. The second kappa shape index (κ2) is 61.8. The van der Waals surface area contributed by atoms with Crippen LogP contribution in [0.25, 0.3) is 0 Å². The first-order valence-electron chi connectivity index (χ1n) is 37.3. The van der Waals surface area contributed by atoms with Crippen molar-refractivity contribution >= 4 is 78.0 Å². The fourth-order valence-corrected chi connectivity index (χ4v) is 46.6. The van der Waals surface area contributed by atoms with Crippen molar-refractivity contribution in [2.45, 2.75) is 170 Å². The molecular weight excluding hydrogens is 1570 g/mol. The highest BCUT2D eigenvalue weighted by molar-refractivity contribution is 6.89. The van der Waals surface area contributed by atoms with Crippen LogP contribution in [0, 0.1) is 0 Å². The lowest BCUT2D eigenvalue weighted by molar-refractivity contribution is -0.0382. The first-order valence-corrected chi connectivity index (χ1v) is 60.2. The van der Waals surface area contributed by atoms with Crippen molar-refractivity contribution in [3.63, 3.8) is 0 Å². The molecule has 0 radical (unpaired) electrons. The number of ether oxygens (including phenoxy) is 16. The summed E-state index contributed by atoms with van der Waals surface area (Å²) >= 11 is 0. The highest BCUT2D eigenvalue weighted by Crippen LogP contribution is 2.34. The molecule has 0 saturated heterocycles. The number of methoxy groups -OCH3 is 1. The van der Waals surface area contributed by atoms with Crippen molar-refractivity contribution < 1.29 is 161 Å². The Morgan fingerprint density at radius 3 is 0.561 bits per heavy atom. The Kier molecular flexibility index (Phi) is 62.2. The van der Waals surface area contributed by atoms with E-state index in [0.717, 1.165) is 0 Å². The number of hydrogen-bond donors (Lipinski definition) is 5. The van der Waals surface area contributed by atoms with Crippen molar-refractivity contribution in [2.75, 3.05) is 245 Å². The molecule has 0 heterocycles. The average molecular weight is 1720 g/mol. The van der Waals surface area contributed by atoms with Crippen LogP contribution in [0.4, 0.5) is 0 Å². The van der Waals surface area contributed by atoms with Gasteiger partial charge in [0.1, 0.15) is 0 Å². The molecule has 0 aliphatic carbocycles. The van der Waals surface area contributed by atoms with Gasteiger partial charge in [-0.2, -0.15) is 0 Å². The van der Waals surface area contributed by atoms with E-state index in [9.17, 15) is 25.5 Å². The lowest BCUT2D eigenvalue weighted by Crippen LogP contribution is -2.68. The summed E-state index contributed by atoms with van der Waals surface area (Å²) in [6.07, 6.45) is -3.47. The van der Waals surface area contributed by atoms with E-state index in [1.807, 2.05) is 39.7 Å². The van der Waals surface area contributed by atoms with E-state index in [1.165, 1.54) is 0 Å². The van der Waals surface area contributed by atoms with Crippen LogP contribution in [0.5, 0.6) is 0 Å². The molecule has 0 spiro atoms. The first kappa shape index (κ1) is 108. The van der Waals surface area contributed by atoms with Gasteiger partial charge in [0.15, 0.2) is 16.6 Å². The molecule has 107 heavy (non-hydrogen) atoms. The number of aliphatic hydroxyl groups excluding tert-OH is 5. The van der Waals surface area contributed by atoms with Gasteiger partial charge in [0.2, 0.25) is 0 Å². The second-order valence-electron chi connectivity index (χ2n) is 27.7. The van der Waals surface area contributed by atoms with Gasteiger partial charge in [-0.1, -0.05) is 0 Å². The van der Waals surface area contributed by atoms with Crippen LogP contribution in [0.2, 0.25) is 91.7 Å². The minimum Gasteiger partial charge on any atom is -0.437 e. The molecule has 12 unspecified atom stereocenters. The normalized spacial score (nSPS) is 17.9. The molecule has 35 nitrogen and oxygen atoms in total. The van der Waals surface area contributed by atoms with Crippen LogP contribution < -0.4 is 0 Å². The molecule has 644 valence electrons. The lowest BCUT2D eigenvalue weighted by atomic mass is 10.4. The molecule has 0 bridgehead atoms. The Bertz CT molecular complexity index is 2080. The summed E-state index contributed by atoms with van der Waals surface area (Å²) in [5, 5.41) is 48.6. The molecule has 0 aromatic rings. The van der Waals surface area contributed by atoms with Gasteiger partial charge >= 0.3 is 61.4 Å². The third-order valence-corrected chi connectivity index (χ3v) is 44.1. The summed E-state index contributed by atoms with van der Waals surface area (Å²) in [5.74, 6) is 0. The van der Waals surface area contributed by atoms with Crippen molar-refractivity contribution in [1.82, 2.24) is 0 Å². The van der Waals surface area contributed by atoms with E-state index in [0.29, 0.717) is 119 Å². The quantitative estimate of drug-likeness (QED) is 0.0421. The molecule has 0 aromatic carbocycles. The largest absolute Gasteiger partial charge is 0.483 e. The molecule has 0 fully saturated rings. The van der Waals surface area contributed by atoms with Gasteiger partial charge in [-0.25, -0.2) is 0 Å². The van der Waals surface area contributed by atoms with Gasteiger partial charge in [-0.05, 0) is 93.9 Å². The van der Waals surface area contributed by atoms with E-state index in [1.54, 1.807) is 81.0 Å². The van der Waals surface area contributed by atoms with Crippen LogP contribution in [-0.4, -0.2) is 385 Å². The lowest BCUT2D eigenvalue weighted by Gasteiger charge is -2.45. The summed E-state index contributed by atoms with van der Waals surface area (Å²) in [6, 6.07) is 0. The van der Waals surface area contributed by atoms with Gasteiger partial charge in [0.05, 0.1) is 274 Å². The standard InChI is InChI=1S/C63H146O35Si9/c1-58(79-27-22-64)52-85-102(16,92-100(11,12)13)94-104(18,87-53-59(2)80-28-23-65)96-106(20,89-55-61(4)82-30-25-67)98-107(21,90-56-62(5)83-31-26-68)97-105(19,88-54-60(3)81-29-24-66)95-103(17,93-101(14,15)91-99(8,9)10)86-57-63(6)84-51-50-78-49-48-77-47-46-76-45-44-75-43-42-74-41-40-73-39-38-72-37-36-71-35-34-70-33-32-69-7/h58-68H,22-57H2,1-21H3. The van der Waals surface area contributed by atoms with Gasteiger partial charge in [-0.15, -0.1) is 0 Å². The van der Waals surface area contributed by atoms with Gasteiger partial charge in [0.25, 0.3) is 0 Å². The average Bonchev–Trinajstić information content (AvgIpc) is 0.783. The van der Waals surface area contributed by atoms with Crippen LogP contribution in [0.3, 0.4) is 0 Å². The maximum atomic E-state index is 9.81. The van der Waals surface area contributed by atoms with Crippen molar-refractivity contribution in [1.29, 1.82) is 0 Å². The van der Waals surface area contributed by atoms with E-state index >= 15 is 0 Å². The highest BCUT2D eigenvalue weighted by atomic mass is 28.5. The van der Waals surface area contributed by atoms with Gasteiger partial charge in [-0.3, -0.25) is 0 Å². The molecule has 44 heteroatoms. The summed E-state index contributed by atoms with van der Waals surface area (Å²) in [5.41, 5.74) is 0. The van der Waals surface area contributed by atoms with Crippen LogP contribution in [0.1, 0.15) is 41.5 Å². The molecular formula is C63H146O35Si9. The zero-order valence-electron chi connectivity index (χ0n) is 68.9. The second-order valence-corrected chi connectivity index (χ2v) is 57.6. The number of hydrogen-bond acceptors (Lipinski definition) is 35. The monoisotopic (exact) mass is 1710 g/mol. The van der Waals surface area contributed by atoms with Crippen molar-refractivity contribution in [3.05, 3.63) is 0 Å². The molecule has 0 rings (SSSR count). The van der Waals surface area contributed by atoms with Crippen molar-refractivity contribution in [2.24, 2.45) is 0 Å². The Morgan fingerprint density at radius 2 is 0.374 bits per heavy atom. The minimum atomic E-state index is -4.50. The smallest absolute Gasteiger partial charge is 0.437 e. The SMILES string of the molecule is COCCOCCOCCOCCOCCOCCOCCOCCOCCOCCOC(C)CO[Si](C)(O[Si](C)(C)O[Si](C)(C)C)O[Si](C)(OCC(C)OCCO)O[Si](C)(OCC(C)OCCO)O[Si](C)(OCC(C)OCCO)O[Si](C)(OCC(C)OCCO)O[Si](C)(OCC(C)OCCO)O[Si](C)(C)C. The zero-order chi connectivity index (χ0) is 80.6. The molecule has 0 aliphatic heterocycles. The van der Waals surface area contributed by atoms with Crippen LogP contribution in [-0.2, 0) is 135 Å². The van der Waals surface area contributed by atoms with E-state index < -0.39 is 115 Å². The maximum absolute atomic E-state index is 9.81. The zero-order valence-corrected chi connectivity index (χ0v) is 77.9. The summed E-state index contributed by atoms with van der Waals surface area (Å²) in [4.78, 5) is 0. The summed E-state index contributed by atoms with van der Waals surface area (Å²) < 4.78 is 188. The Morgan fingerprint density at radius 1 is 0.206 bits per heavy atom. The molecule has 0 aliphatic rings. The Hall–Kier alpha value is 0.552. The topological polar surface area (TPSA) is 378 Å². The van der Waals surface area contributed by atoms with Crippen LogP contribution in [0.15, 0.2) is 0 Å². The fraction of sp³-hybridized carbons (Fsp3) is 1.00. The third-order valence-electron chi connectivity index (χ3n) is 13.3. The molecule has 12 atom stereocenters. The van der Waals surface area contributed by atoms with E-state index in [-0.39, 0.29) is 119 Å². The molecule has 0 saturated carbocycles. The third kappa shape index (κ3) is 62.5. The highest BCUT2D eigenvalue weighted by Gasteiger charge is 2.62. The van der Waals surface area contributed by atoms with Crippen LogP contribution >= 0.6 is 0 Å². The Labute approximate surface area is 650 Å². The molecule has 5 N–H and O–H groups in total. The Balaban J connectivity index is 6.77. The summed E-state index contributed by atoms with van der Waals surface area (Å²) in [7, 11) is -31.9. The van der Waals surface area contributed by atoms with Gasteiger partial charge < -0.3 is 161 Å². The van der Waals surface area contributed by atoms with Crippen molar-refractivity contribution in [3.8, 4) is 0 Å². The minimum absolute atomic E-state index is 0.00185. The molecule has 0 amide bonds. The van der Waals surface area contributed by atoms with E-state index in [2.05, 4.69) is 19.6 Å². The fourth-order valence-electron chi connectivity index (χ4n) is 9.41.